The SMILES string of the molecule is Cn1cncc1/C(C#N)=C1\CCC(O)C1. The van der Waals surface area contributed by atoms with E-state index in [1.54, 1.807) is 12.5 Å². The van der Waals surface area contributed by atoms with Gasteiger partial charge in [0.05, 0.1) is 29.9 Å². The van der Waals surface area contributed by atoms with E-state index in [0.717, 1.165) is 24.1 Å². The number of hydrogen-bond donors (Lipinski definition) is 1. The molecule has 0 amide bonds. The fourth-order valence-corrected chi connectivity index (χ4v) is 1.97. The summed E-state index contributed by atoms with van der Waals surface area (Å²) in [7, 11) is 1.87. The van der Waals surface area contributed by atoms with Gasteiger partial charge in [-0.2, -0.15) is 5.26 Å². The van der Waals surface area contributed by atoms with Crippen LogP contribution < -0.4 is 0 Å². The van der Waals surface area contributed by atoms with Gasteiger partial charge in [-0.3, -0.25) is 0 Å². The largest absolute Gasteiger partial charge is 0.393 e. The monoisotopic (exact) mass is 203 g/mol. The molecule has 0 bridgehead atoms. The molecule has 0 saturated heterocycles. The van der Waals surface area contributed by atoms with Crippen molar-refractivity contribution < 1.29 is 5.11 Å². The summed E-state index contributed by atoms with van der Waals surface area (Å²) in [5, 5.41) is 18.6. The molecule has 1 aliphatic rings. The molecule has 1 unspecified atom stereocenters. The van der Waals surface area contributed by atoms with E-state index in [0.29, 0.717) is 12.0 Å². The number of allylic oxidation sites excluding steroid dienone is 1. The summed E-state index contributed by atoms with van der Waals surface area (Å²) < 4.78 is 1.83. The first-order valence-corrected chi connectivity index (χ1v) is 4.99. The number of nitriles is 1. The average Bonchev–Trinajstić information content (AvgIpc) is 2.79. The van der Waals surface area contributed by atoms with Crippen LogP contribution in [0.1, 0.15) is 25.0 Å². The summed E-state index contributed by atoms with van der Waals surface area (Å²) in [4.78, 5) is 4.00. The standard InChI is InChI=1S/C11H13N3O/c1-14-7-13-6-11(14)10(5-12)8-2-3-9(15)4-8/h6-7,9,15H,2-4H2,1H3/b10-8+. The predicted octanol–water partition coefficient (Wildman–Crippen LogP) is 1.24. The van der Waals surface area contributed by atoms with Crippen LogP contribution in [-0.4, -0.2) is 20.8 Å². The van der Waals surface area contributed by atoms with Crippen molar-refractivity contribution in [2.24, 2.45) is 7.05 Å². The second kappa shape index (κ2) is 3.87. The van der Waals surface area contributed by atoms with Crippen molar-refractivity contribution in [3.05, 3.63) is 23.8 Å². The number of aliphatic hydroxyl groups excluding tert-OH is 1. The van der Waals surface area contributed by atoms with Crippen LogP contribution in [0.3, 0.4) is 0 Å². The Balaban J connectivity index is 2.41. The molecule has 1 heterocycles. The third kappa shape index (κ3) is 1.79. The van der Waals surface area contributed by atoms with E-state index >= 15 is 0 Å². The summed E-state index contributed by atoms with van der Waals surface area (Å²) in [5.74, 6) is 0. The highest BCUT2D eigenvalue weighted by atomic mass is 16.3. The lowest BCUT2D eigenvalue weighted by Crippen LogP contribution is -1.98. The first-order chi connectivity index (χ1) is 7.22. The van der Waals surface area contributed by atoms with Crippen molar-refractivity contribution in [2.45, 2.75) is 25.4 Å². The van der Waals surface area contributed by atoms with Gasteiger partial charge in [-0.05, 0) is 24.8 Å². The average molecular weight is 203 g/mol. The van der Waals surface area contributed by atoms with Crippen LogP contribution >= 0.6 is 0 Å². The number of aliphatic hydroxyl groups is 1. The zero-order valence-electron chi connectivity index (χ0n) is 8.64. The Kier molecular flexibility index (Phi) is 2.57. The third-order valence-corrected chi connectivity index (χ3v) is 2.80. The van der Waals surface area contributed by atoms with Crippen LogP contribution in [0.2, 0.25) is 0 Å². The topological polar surface area (TPSA) is 61.8 Å². The van der Waals surface area contributed by atoms with Gasteiger partial charge < -0.3 is 9.67 Å². The Morgan fingerprint density at radius 3 is 3.00 bits per heavy atom. The molecule has 0 radical (unpaired) electrons. The van der Waals surface area contributed by atoms with Crippen LogP contribution in [0.5, 0.6) is 0 Å². The van der Waals surface area contributed by atoms with Gasteiger partial charge in [-0.1, -0.05) is 0 Å². The van der Waals surface area contributed by atoms with Gasteiger partial charge in [0.25, 0.3) is 0 Å². The molecule has 0 spiro atoms. The van der Waals surface area contributed by atoms with Gasteiger partial charge in [0.15, 0.2) is 0 Å². The van der Waals surface area contributed by atoms with Crippen molar-refractivity contribution in [1.82, 2.24) is 9.55 Å². The molecule has 4 nitrogen and oxygen atoms in total. The third-order valence-electron chi connectivity index (χ3n) is 2.80. The van der Waals surface area contributed by atoms with Gasteiger partial charge in [0.2, 0.25) is 0 Å². The van der Waals surface area contributed by atoms with Crippen LogP contribution in [0.4, 0.5) is 0 Å². The molecular weight excluding hydrogens is 190 g/mol. The second-order valence-electron chi connectivity index (χ2n) is 3.88. The Morgan fingerprint density at radius 2 is 2.53 bits per heavy atom. The van der Waals surface area contributed by atoms with E-state index < -0.39 is 0 Å². The first-order valence-electron chi connectivity index (χ1n) is 4.99. The van der Waals surface area contributed by atoms with Crippen LogP contribution in [0, 0.1) is 11.3 Å². The quantitative estimate of drug-likeness (QED) is 0.698. The molecule has 1 fully saturated rings. The minimum absolute atomic E-state index is 0.281. The Hall–Kier alpha value is -1.60. The second-order valence-corrected chi connectivity index (χ2v) is 3.88. The summed E-state index contributed by atoms with van der Waals surface area (Å²) in [6.45, 7) is 0. The number of rotatable bonds is 1. The number of nitrogens with zero attached hydrogens (tertiary/aromatic N) is 3. The predicted molar refractivity (Wildman–Crippen MR) is 55.6 cm³/mol. The zero-order valence-corrected chi connectivity index (χ0v) is 8.64. The number of hydrogen-bond acceptors (Lipinski definition) is 3. The molecule has 1 aliphatic carbocycles. The number of imidazole rings is 1. The lowest BCUT2D eigenvalue weighted by molar-refractivity contribution is 0.186. The van der Waals surface area contributed by atoms with Gasteiger partial charge in [0, 0.05) is 7.05 Å². The minimum atomic E-state index is -0.281. The van der Waals surface area contributed by atoms with E-state index in [1.165, 1.54) is 0 Å². The Labute approximate surface area is 88.5 Å². The van der Waals surface area contributed by atoms with Crippen molar-refractivity contribution in [1.29, 1.82) is 5.26 Å². The normalized spacial score (nSPS) is 23.9. The summed E-state index contributed by atoms with van der Waals surface area (Å²) in [6, 6.07) is 2.22. The van der Waals surface area contributed by atoms with Gasteiger partial charge >= 0.3 is 0 Å². The molecule has 1 aromatic heterocycles. The van der Waals surface area contributed by atoms with Gasteiger partial charge in [-0.25, -0.2) is 4.98 Å². The fraction of sp³-hybridized carbons (Fsp3) is 0.455. The van der Waals surface area contributed by atoms with Crippen LogP contribution in [0.25, 0.3) is 5.57 Å². The molecule has 1 aromatic rings. The highest BCUT2D eigenvalue weighted by molar-refractivity contribution is 5.77. The minimum Gasteiger partial charge on any atom is -0.393 e. The Bertz CT molecular complexity index is 439. The molecule has 1 saturated carbocycles. The number of aromatic nitrogens is 2. The van der Waals surface area contributed by atoms with E-state index in [9.17, 15) is 5.11 Å². The van der Waals surface area contributed by atoms with Crippen molar-refractivity contribution >= 4 is 5.57 Å². The van der Waals surface area contributed by atoms with Crippen molar-refractivity contribution in [3.8, 4) is 6.07 Å². The Morgan fingerprint density at radius 1 is 1.73 bits per heavy atom. The molecule has 78 valence electrons. The molecular formula is C11H13N3O. The number of aryl methyl sites for hydroxylation is 1. The fourth-order valence-electron chi connectivity index (χ4n) is 1.97. The van der Waals surface area contributed by atoms with Gasteiger partial charge in [-0.15, -0.1) is 0 Å². The van der Waals surface area contributed by atoms with Crippen molar-refractivity contribution in [2.75, 3.05) is 0 Å². The zero-order chi connectivity index (χ0) is 10.8. The molecule has 1 atom stereocenters. The molecule has 4 heteroatoms. The van der Waals surface area contributed by atoms with Crippen LogP contribution in [0.15, 0.2) is 18.1 Å². The first kappa shape index (κ1) is 9.94. The molecule has 0 aromatic carbocycles. The summed E-state index contributed by atoms with van der Waals surface area (Å²) >= 11 is 0. The van der Waals surface area contributed by atoms with E-state index in [2.05, 4.69) is 11.1 Å². The maximum atomic E-state index is 9.44. The molecule has 15 heavy (non-hydrogen) atoms. The summed E-state index contributed by atoms with van der Waals surface area (Å²) in [5.41, 5.74) is 2.56. The van der Waals surface area contributed by atoms with E-state index in [-0.39, 0.29) is 6.10 Å². The lowest BCUT2D eigenvalue weighted by Gasteiger charge is -2.04. The highest BCUT2D eigenvalue weighted by Crippen LogP contribution is 2.31. The maximum Gasteiger partial charge on any atom is 0.101 e. The molecule has 2 rings (SSSR count). The molecule has 1 N–H and O–H groups in total. The lowest BCUT2D eigenvalue weighted by atomic mass is 10.1. The summed E-state index contributed by atoms with van der Waals surface area (Å²) in [6.07, 6.45) is 5.29. The highest BCUT2D eigenvalue weighted by Gasteiger charge is 2.21. The van der Waals surface area contributed by atoms with E-state index in [4.69, 9.17) is 5.26 Å². The van der Waals surface area contributed by atoms with Crippen LogP contribution in [-0.2, 0) is 7.05 Å². The van der Waals surface area contributed by atoms with E-state index in [1.807, 2.05) is 11.6 Å². The maximum absolute atomic E-state index is 9.44. The van der Waals surface area contributed by atoms with Gasteiger partial charge in [0.1, 0.15) is 6.07 Å². The smallest absolute Gasteiger partial charge is 0.101 e. The molecule has 0 aliphatic heterocycles. The van der Waals surface area contributed by atoms with Crippen molar-refractivity contribution in [3.63, 3.8) is 0 Å².